The van der Waals surface area contributed by atoms with Crippen LogP contribution in [0.5, 0.6) is 11.5 Å². The lowest BCUT2D eigenvalue weighted by atomic mass is 10.1. The normalized spacial score (nSPS) is 13.7. The molecule has 5 rings (SSSR count). The molecule has 2 aromatic heterocycles. The lowest BCUT2D eigenvalue weighted by molar-refractivity contribution is 0.0319. The van der Waals surface area contributed by atoms with Crippen LogP contribution in [-0.4, -0.2) is 29.2 Å². The summed E-state index contributed by atoms with van der Waals surface area (Å²) in [6, 6.07) is 14.6. The molecule has 0 fully saturated rings. The van der Waals surface area contributed by atoms with Gasteiger partial charge >= 0.3 is 5.97 Å². The molecular formula is C23H18N2O5S. The Labute approximate surface area is 181 Å². The number of benzene rings is 2. The zero-order chi connectivity index (χ0) is 21.4. The summed E-state index contributed by atoms with van der Waals surface area (Å²) in [4.78, 5) is 33.3. The number of H-pyrrole nitrogens is 1. The number of aromatic nitrogens is 2. The van der Waals surface area contributed by atoms with Crippen molar-refractivity contribution in [2.45, 2.75) is 13.0 Å². The maximum Gasteiger partial charge on any atom is 0.338 e. The molecule has 4 aromatic rings. The molecule has 156 valence electrons. The van der Waals surface area contributed by atoms with E-state index in [2.05, 4.69) is 9.97 Å². The minimum absolute atomic E-state index is 0.262. The van der Waals surface area contributed by atoms with Gasteiger partial charge in [0.25, 0.3) is 5.56 Å². The highest BCUT2D eigenvalue weighted by Crippen LogP contribution is 2.33. The molecule has 0 spiro atoms. The van der Waals surface area contributed by atoms with Crippen molar-refractivity contribution in [1.82, 2.24) is 9.97 Å². The number of thiophene rings is 1. The van der Waals surface area contributed by atoms with E-state index in [1.165, 1.54) is 11.3 Å². The average molecular weight is 434 g/mol. The molecule has 31 heavy (non-hydrogen) atoms. The number of hydrogen-bond donors (Lipinski definition) is 1. The van der Waals surface area contributed by atoms with Gasteiger partial charge < -0.3 is 19.2 Å². The van der Waals surface area contributed by atoms with E-state index >= 15 is 0 Å². The van der Waals surface area contributed by atoms with Crippen molar-refractivity contribution in [2.75, 3.05) is 13.2 Å². The fourth-order valence-electron chi connectivity index (χ4n) is 3.44. The van der Waals surface area contributed by atoms with E-state index in [1.807, 2.05) is 35.7 Å². The van der Waals surface area contributed by atoms with E-state index in [1.54, 1.807) is 25.1 Å². The topological polar surface area (TPSA) is 90.5 Å². The summed E-state index contributed by atoms with van der Waals surface area (Å²) in [5.41, 5.74) is 1.86. The Hall–Kier alpha value is -3.65. The number of carbonyl (C=O) groups excluding carboxylic acids is 1. The van der Waals surface area contributed by atoms with E-state index in [0.29, 0.717) is 46.3 Å². The maximum absolute atomic E-state index is 12.8. The van der Waals surface area contributed by atoms with Gasteiger partial charge in [0.15, 0.2) is 23.4 Å². The molecule has 2 aromatic carbocycles. The fourth-order valence-corrected chi connectivity index (χ4v) is 4.40. The third-order valence-electron chi connectivity index (χ3n) is 4.99. The molecular weight excluding hydrogens is 416 g/mol. The highest BCUT2D eigenvalue weighted by Gasteiger charge is 2.21. The molecule has 0 amide bonds. The van der Waals surface area contributed by atoms with Crippen LogP contribution in [0.3, 0.4) is 0 Å². The smallest absolute Gasteiger partial charge is 0.338 e. The molecule has 0 unspecified atom stereocenters. The van der Waals surface area contributed by atoms with Crippen LogP contribution in [0, 0.1) is 0 Å². The molecule has 8 heteroatoms. The summed E-state index contributed by atoms with van der Waals surface area (Å²) in [5, 5.41) is 2.45. The van der Waals surface area contributed by atoms with Gasteiger partial charge in [0.05, 0.1) is 10.9 Å². The predicted molar refractivity (Wildman–Crippen MR) is 117 cm³/mol. The van der Waals surface area contributed by atoms with Gasteiger partial charge in [0, 0.05) is 10.9 Å². The zero-order valence-corrected chi connectivity index (χ0v) is 17.4. The van der Waals surface area contributed by atoms with Crippen molar-refractivity contribution in [3.63, 3.8) is 0 Å². The zero-order valence-electron chi connectivity index (χ0n) is 16.6. The number of aromatic amines is 1. The number of esters is 1. The van der Waals surface area contributed by atoms with Crippen LogP contribution in [0.25, 0.3) is 21.3 Å². The molecule has 0 aliphatic carbocycles. The highest BCUT2D eigenvalue weighted by molar-refractivity contribution is 7.17. The molecule has 0 saturated heterocycles. The van der Waals surface area contributed by atoms with Gasteiger partial charge in [-0.2, -0.15) is 0 Å². The summed E-state index contributed by atoms with van der Waals surface area (Å²) in [6.07, 6.45) is -0.736. The number of hydrogen-bond acceptors (Lipinski definition) is 7. The van der Waals surface area contributed by atoms with E-state index in [-0.39, 0.29) is 5.56 Å². The number of nitrogens with one attached hydrogen (secondary N) is 1. The minimum atomic E-state index is -0.736. The Kier molecular flexibility index (Phi) is 4.91. The van der Waals surface area contributed by atoms with Crippen molar-refractivity contribution >= 4 is 27.5 Å². The summed E-state index contributed by atoms with van der Waals surface area (Å²) in [7, 11) is 0. The third kappa shape index (κ3) is 3.66. The average Bonchev–Trinajstić information content (AvgIpc) is 3.24. The van der Waals surface area contributed by atoms with Crippen molar-refractivity contribution in [1.29, 1.82) is 0 Å². The van der Waals surface area contributed by atoms with Crippen LogP contribution in [0.1, 0.15) is 29.2 Å². The molecule has 7 nitrogen and oxygen atoms in total. The summed E-state index contributed by atoms with van der Waals surface area (Å²) in [6.45, 7) is 2.58. The van der Waals surface area contributed by atoms with E-state index in [0.717, 1.165) is 11.1 Å². The molecule has 0 radical (unpaired) electrons. The van der Waals surface area contributed by atoms with Gasteiger partial charge in [-0.3, -0.25) is 4.79 Å². The Morgan fingerprint density at radius 2 is 1.90 bits per heavy atom. The van der Waals surface area contributed by atoms with Gasteiger partial charge in [-0.05, 0) is 30.7 Å². The summed E-state index contributed by atoms with van der Waals surface area (Å²) in [5.74, 6) is 0.862. The lowest BCUT2D eigenvalue weighted by Crippen LogP contribution is -2.18. The Morgan fingerprint density at radius 3 is 2.71 bits per heavy atom. The van der Waals surface area contributed by atoms with Crippen LogP contribution in [0.4, 0.5) is 0 Å². The van der Waals surface area contributed by atoms with Gasteiger partial charge in [-0.25, -0.2) is 9.78 Å². The Balaban J connectivity index is 1.40. The minimum Gasteiger partial charge on any atom is -0.486 e. The number of carbonyl (C=O) groups is 1. The van der Waals surface area contributed by atoms with Crippen LogP contribution in [-0.2, 0) is 4.74 Å². The molecule has 1 aliphatic heterocycles. The summed E-state index contributed by atoms with van der Waals surface area (Å²) < 4.78 is 16.5. The van der Waals surface area contributed by atoms with Crippen LogP contribution in [0.15, 0.2) is 58.7 Å². The first kappa shape index (κ1) is 19.3. The highest BCUT2D eigenvalue weighted by atomic mass is 32.1. The van der Waals surface area contributed by atoms with Crippen molar-refractivity contribution in [2.24, 2.45) is 0 Å². The number of fused-ring (bicyclic) bond motifs is 2. The molecule has 3 heterocycles. The van der Waals surface area contributed by atoms with Crippen molar-refractivity contribution in [3.8, 4) is 22.6 Å². The Morgan fingerprint density at radius 1 is 1.13 bits per heavy atom. The number of rotatable bonds is 4. The standard InChI is InChI=1S/C23H18N2O5S/c1-13(30-23(27)15-7-8-17-18(11-15)29-10-9-28-17)20-24-21(26)19-16(12-31-22(19)25-20)14-5-3-2-4-6-14/h2-8,11-13H,9-10H2,1H3,(H,24,25,26)/t13-/m0/s1. The maximum atomic E-state index is 12.8. The van der Waals surface area contributed by atoms with Crippen molar-refractivity contribution in [3.05, 3.63) is 75.7 Å². The second-order valence-corrected chi connectivity index (χ2v) is 7.91. The fraction of sp³-hybridized carbons (Fsp3) is 0.174. The van der Waals surface area contributed by atoms with Crippen LogP contribution in [0.2, 0.25) is 0 Å². The van der Waals surface area contributed by atoms with E-state index in [4.69, 9.17) is 14.2 Å². The van der Waals surface area contributed by atoms with E-state index in [9.17, 15) is 9.59 Å². The summed E-state index contributed by atoms with van der Waals surface area (Å²) >= 11 is 1.38. The second kappa shape index (κ2) is 7.88. The number of ether oxygens (including phenoxy) is 3. The monoisotopic (exact) mass is 434 g/mol. The predicted octanol–water partition coefficient (Wildman–Crippen LogP) is 4.34. The largest absolute Gasteiger partial charge is 0.486 e. The van der Waals surface area contributed by atoms with Gasteiger partial charge in [-0.15, -0.1) is 11.3 Å². The quantitative estimate of drug-likeness (QED) is 0.481. The molecule has 0 saturated carbocycles. The third-order valence-corrected chi connectivity index (χ3v) is 5.87. The molecule has 1 atom stereocenters. The number of nitrogens with zero attached hydrogens (tertiary/aromatic N) is 1. The van der Waals surface area contributed by atoms with Crippen LogP contribution >= 0.6 is 11.3 Å². The van der Waals surface area contributed by atoms with Crippen molar-refractivity contribution < 1.29 is 19.0 Å². The van der Waals surface area contributed by atoms with Gasteiger partial charge in [0.1, 0.15) is 18.0 Å². The first-order chi connectivity index (χ1) is 15.1. The second-order valence-electron chi connectivity index (χ2n) is 7.05. The first-order valence-corrected chi connectivity index (χ1v) is 10.7. The molecule has 1 N–H and O–H groups in total. The van der Waals surface area contributed by atoms with Gasteiger partial charge in [-0.1, -0.05) is 30.3 Å². The first-order valence-electron chi connectivity index (χ1n) is 9.77. The van der Waals surface area contributed by atoms with E-state index < -0.39 is 12.1 Å². The lowest BCUT2D eigenvalue weighted by Gasteiger charge is -2.19. The van der Waals surface area contributed by atoms with Gasteiger partial charge in [0.2, 0.25) is 0 Å². The Bertz CT molecular complexity index is 1330. The molecule has 1 aliphatic rings. The van der Waals surface area contributed by atoms with Crippen LogP contribution < -0.4 is 15.0 Å². The SMILES string of the molecule is C[C@H](OC(=O)c1ccc2c(c1)OCCO2)c1nc2scc(-c3ccccc3)c2c(=O)[nH]1. The molecule has 0 bridgehead atoms.